The molecule has 2 atom stereocenters. The molecule has 0 aliphatic rings. The molecule has 1 heterocycles. The van der Waals surface area contributed by atoms with Crippen molar-refractivity contribution in [1.29, 1.82) is 0 Å². The van der Waals surface area contributed by atoms with Crippen molar-refractivity contribution in [3.63, 3.8) is 0 Å². The summed E-state index contributed by atoms with van der Waals surface area (Å²) in [5.41, 5.74) is 0.331. The Balaban J connectivity index is 2.18. The molecule has 2 rings (SSSR count). The van der Waals surface area contributed by atoms with Crippen molar-refractivity contribution in [1.82, 2.24) is 9.88 Å². The molecule has 0 spiro atoms. The Kier molecular flexibility index (Phi) is 6.55. The number of para-hydroxylation sites is 1. The summed E-state index contributed by atoms with van der Waals surface area (Å²) in [7, 11) is 0. The van der Waals surface area contributed by atoms with E-state index in [1.807, 2.05) is 27.7 Å². The van der Waals surface area contributed by atoms with Gasteiger partial charge in [-0.1, -0.05) is 32.0 Å². The minimum Gasteiger partial charge on any atom is -0.452 e. The van der Waals surface area contributed by atoms with Crippen LogP contribution in [-0.4, -0.2) is 40.5 Å². The zero-order valence-electron chi connectivity index (χ0n) is 15.7. The molecule has 0 unspecified atom stereocenters. The van der Waals surface area contributed by atoms with Gasteiger partial charge in [0.25, 0.3) is 5.91 Å². The van der Waals surface area contributed by atoms with Gasteiger partial charge in [-0.05, 0) is 32.8 Å². The summed E-state index contributed by atoms with van der Waals surface area (Å²) in [5, 5.41) is 0.588. The van der Waals surface area contributed by atoms with Gasteiger partial charge >= 0.3 is 5.97 Å². The van der Waals surface area contributed by atoms with Crippen LogP contribution in [-0.2, 0) is 9.53 Å². The molecule has 140 valence electrons. The summed E-state index contributed by atoms with van der Waals surface area (Å²) >= 11 is 0. The second kappa shape index (κ2) is 8.65. The van der Waals surface area contributed by atoms with Crippen molar-refractivity contribution in [2.75, 3.05) is 6.61 Å². The fourth-order valence-corrected chi connectivity index (χ4v) is 2.97. The van der Waals surface area contributed by atoms with Crippen LogP contribution in [0.15, 0.2) is 35.1 Å². The number of rotatable bonds is 7. The molecule has 0 fully saturated rings. The number of nitrogens with one attached hydrogen (secondary N) is 1. The minimum atomic E-state index is -0.672. The molecule has 0 radical (unpaired) electrons. The lowest BCUT2D eigenvalue weighted by molar-refractivity contribution is -0.139. The Morgan fingerprint density at radius 1 is 1.12 bits per heavy atom. The first-order chi connectivity index (χ1) is 12.4. The lowest BCUT2D eigenvalue weighted by Gasteiger charge is -2.33. The first kappa shape index (κ1) is 19.7. The van der Waals surface area contributed by atoms with Crippen molar-refractivity contribution in [2.45, 2.75) is 52.6 Å². The summed E-state index contributed by atoms with van der Waals surface area (Å²) in [6, 6.07) is 8.33. The smallest absolute Gasteiger partial charge is 0.339 e. The average Bonchev–Trinajstić information content (AvgIpc) is 2.64. The molecule has 0 aliphatic carbocycles. The number of carbonyl (C=O) groups is 2. The van der Waals surface area contributed by atoms with E-state index in [4.69, 9.17) is 4.74 Å². The van der Waals surface area contributed by atoms with Gasteiger partial charge in [0.05, 0.1) is 5.56 Å². The fourth-order valence-electron chi connectivity index (χ4n) is 2.97. The number of ether oxygens (including phenoxy) is 1. The van der Waals surface area contributed by atoms with Crippen LogP contribution in [0.2, 0.25) is 0 Å². The van der Waals surface area contributed by atoms with Crippen LogP contribution in [0.4, 0.5) is 0 Å². The summed E-state index contributed by atoms with van der Waals surface area (Å²) in [6.45, 7) is 7.66. The third-order valence-electron chi connectivity index (χ3n) is 4.72. The first-order valence-corrected chi connectivity index (χ1v) is 8.99. The Morgan fingerprint density at radius 3 is 2.35 bits per heavy atom. The quantitative estimate of drug-likeness (QED) is 0.771. The Bertz CT molecular complexity index is 833. The standard InChI is InChI=1S/C20H26N2O4/c1-5-13(3)22(14(4)6-2)19(24)12-26-20(25)16-11-18(23)21-17-10-8-7-9-15(16)17/h7-11,13-14H,5-6,12H2,1-4H3,(H,21,23)/t13-,14+. The Morgan fingerprint density at radius 2 is 1.73 bits per heavy atom. The Labute approximate surface area is 153 Å². The molecular formula is C20H26N2O4. The highest BCUT2D eigenvalue weighted by Gasteiger charge is 2.25. The predicted octanol–water partition coefficient (Wildman–Crippen LogP) is 3.11. The lowest BCUT2D eigenvalue weighted by atomic mass is 10.1. The number of nitrogens with zero attached hydrogens (tertiary/aromatic N) is 1. The van der Waals surface area contributed by atoms with Gasteiger partial charge in [0.1, 0.15) is 0 Å². The SMILES string of the molecule is CC[C@@H](C)N(C(=O)COC(=O)c1cc(=O)[nH]c2ccccc12)[C@@H](C)CC. The number of hydrogen-bond donors (Lipinski definition) is 1. The Hall–Kier alpha value is -2.63. The van der Waals surface area contributed by atoms with Crippen molar-refractivity contribution in [3.8, 4) is 0 Å². The number of aromatic nitrogens is 1. The molecule has 1 N–H and O–H groups in total. The third kappa shape index (κ3) is 4.31. The minimum absolute atomic E-state index is 0.0663. The van der Waals surface area contributed by atoms with Crippen LogP contribution >= 0.6 is 0 Å². The third-order valence-corrected chi connectivity index (χ3v) is 4.72. The molecule has 6 nitrogen and oxygen atoms in total. The normalized spacial score (nSPS) is 13.2. The van der Waals surface area contributed by atoms with E-state index < -0.39 is 5.97 Å². The van der Waals surface area contributed by atoms with Crippen LogP contribution < -0.4 is 5.56 Å². The van der Waals surface area contributed by atoms with E-state index in [0.717, 1.165) is 12.8 Å². The number of amides is 1. The second-order valence-electron chi connectivity index (χ2n) is 6.48. The molecular weight excluding hydrogens is 332 g/mol. The predicted molar refractivity (Wildman–Crippen MR) is 101 cm³/mol. The molecule has 6 heteroatoms. The molecule has 1 aromatic heterocycles. The van der Waals surface area contributed by atoms with Crippen molar-refractivity contribution in [2.24, 2.45) is 0 Å². The highest BCUT2D eigenvalue weighted by Crippen LogP contribution is 2.16. The summed E-state index contributed by atoms with van der Waals surface area (Å²) in [5.74, 6) is -0.898. The number of carbonyl (C=O) groups excluding carboxylic acids is 2. The molecule has 0 bridgehead atoms. The van der Waals surface area contributed by atoms with Crippen LogP contribution in [0.1, 0.15) is 50.9 Å². The van der Waals surface area contributed by atoms with E-state index in [1.54, 1.807) is 29.2 Å². The molecule has 1 amide bonds. The monoisotopic (exact) mass is 358 g/mol. The zero-order valence-corrected chi connectivity index (χ0v) is 15.7. The van der Waals surface area contributed by atoms with Gasteiger partial charge in [0.2, 0.25) is 5.56 Å². The van der Waals surface area contributed by atoms with Gasteiger partial charge in [-0.2, -0.15) is 0 Å². The number of hydrogen-bond acceptors (Lipinski definition) is 4. The summed E-state index contributed by atoms with van der Waals surface area (Å²) < 4.78 is 5.24. The van der Waals surface area contributed by atoms with E-state index in [1.165, 1.54) is 6.07 Å². The van der Waals surface area contributed by atoms with E-state index in [9.17, 15) is 14.4 Å². The molecule has 26 heavy (non-hydrogen) atoms. The number of benzene rings is 1. The van der Waals surface area contributed by atoms with E-state index >= 15 is 0 Å². The van der Waals surface area contributed by atoms with Crippen molar-refractivity contribution < 1.29 is 14.3 Å². The van der Waals surface area contributed by atoms with Crippen molar-refractivity contribution >= 4 is 22.8 Å². The van der Waals surface area contributed by atoms with Gasteiger partial charge in [-0.3, -0.25) is 9.59 Å². The van der Waals surface area contributed by atoms with E-state index in [0.29, 0.717) is 10.9 Å². The molecule has 0 aliphatic heterocycles. The van der Waals surface area contributed by atoms with Crippen LogP contribution in [0.5, 0.6) is 0 Å². The topological polar surface area (TPSA) is 79.5 Å². The van der Waals surface area contributed by atoms with Gasteiger partial charge in [0.15, 0.2) is 6.61 Å². The number of pyridine rings is 1. The first-order valence-electron chi connectivity index (χ1n) is 8.99. The van der Waals surface area contributed by atoms with Crippen LogP contribution in [0.3, 0.4) is 0 Å². The summed E-state index contributed by atoms with van der Waals surface area (Å²) in [6.07, 6.45) is 1.64. The van der Waals surface area contributed by atoms with E-state index in [2.05, 4.69) is 4.98 Å². The average molecular weight is 358 g/mol. The highest BCUT2D eigenvalue weighted by molar-refractivity contribution is 6.03. The molecule has 0 saturated carbocycles. The maximum Gasteiger partial charge on any atom is 0.339 e. The second-order valence-corrected chi connectivity index (χ2v) is 6.48. The summed E-state index contributed by atoms with van der Waals surface area (Å²) in [4.78, 5) is 41.3. The maximum absolute atomic E-state index is 12.6. The maximum atomic E-state index is 12.6. The van der Waals surface area contributed by atoms with Crippen molar-refractivity contribution in [3.05, 3.63) is 46.2 Å². The van der Waals surface area contributed by atoms with Gasteiger partial charge in [-0.25, -0.2) is 4.79 Å². The molecule has 2 aromatic rings. The van der Waals surface area contributed by atoms with Gasteiger partial charge < -0.3 is 14.6 Å². The number of H-pyrrole nitrogens is 1. The van der Waals surface area contributed by atoms with Crippen LogP contribution in [0, 0.1) is 0 Å². The molecule has 1 aromatic carbocycles. The fraction of sp³-hybridized carbons (Fsp3) is 0.450. The van der Waals surface area contributed by atoms with E-state index in [-0.39, 0.29) is 35.7 Å². The van der Waals surface area contributed by atoms with Crippen LogP contribution in [0.25, 0.3) is 10.9 Å². The largest absolute Gasteiger partial charge is 0.452 e. The van der Waals surface area contributed by atoms with Gasteiger partial charge in [-0.15, -0.1) is 0 Å². The molecule has 0 saturated heterocycles. The zero-order chi connectivity index (χ0) is 19.3. The number of fused-ring (bicyclic) bond motifs is 1. The number of aromatic amines is 1. The van der Waals surface area contributed by atoms with Gasteiger partial charge in [0, 0.05) is 29.1 Å². The number of esters is 1. The highest BCUT2D eigenvalue weighted by atomic mass is 16.5. The lowest BCUT2D eigenvalue weighted by Crippen LogP contribution is -2.46.